The maximum Gasteiger partial charge on any atom is 0.246 e. The Labute approximate surface area is 208 Å². The average molecular weight is 472 g/mol. The third-order valence-corrected chi connectivity index (χ3v) is 9.33. The molecule has 4 bridgehead atoms. The lowest BCUT2D eigenvalue weighted by Crippen LogP contribution is -2.76. The number of piperidine rings is 2. The standard InChI is InChI=1S/C30H37N3O2/c1-20-12-14-24(15-13-20)31-29(35)30-17-23-19-33(18-22-10-6-3-7-11-22)27(26(23)28(34)32-30)25(30)16-21-8-4-2-5-9-21/h2-11,20,23-27H,12-19H2,1H3,(H,31,35)(H,32,34). The number of carbonyl (C=O) groups is 2. The minimum absolute atomic E-state index is 0.0300. The van der Waals surface area contributed by atoms with Gasteiger partial charge >= 0.3 is 0 Å². The van der Waals surface area contributed by atoms with Gasteiger partial charge in [-0.25, -0.2) is 0 Å². The summed E-state index contributed by atoms with van der Waals surface area (Å²) < 4.78 is 0. The van der Waals surface area contributed by atoms with Gasteiger partial charge in [-0.15, -0.1) is 0 Å². The first-order valence-electron chi connectivity index (χ1n) is 13.5. The Kier molecular flexibility index (Phi) is 5.92. The van der Waals surface area contributed by atoms with Crippen LogP contribution in [0.1, 0.15) is 50.2 Å². The van der Waals surface area contributed by atoms with E-state index in [4.69, 9.17) is 0 Å². The number of rotatable bonds is 6. The van der Waals surface area contributed by atoms with Crippen molar-refractivity contribution in [3.8, 4) is 0 Å². The van der Waals surface area contributed by atoms with Crippen LogP contribution >= 0.6 is 0 Å². The van der Waals surface area contributed by atoms with Crippen molar-refractivity contribution in [2.75, 3.05) is 6.54 Å². The first kappa shape index (κ1) is 22.8. The molecular weight excluding hydrogens is 434 g/mol. The van der Waals surface area contributed by atoms with Gasteiger partial charge in [-0.05, 0) is 61.5 Å². The maximum atomic E-state index is 14.1. The van der Waals surface area contributed by atoms with E-state index in [9.17, 15) is 9.59 Å². The molecular formula is C30H37N3O2. The minimum Gasteiger partial charge on any atom is -0.351 e. The van der Waals surface area contributed by atoms with Gasteiger partial charge in [0.25, 0.3) is 0 Å². The van der Waals surface area contributed by atoms with Gasteiger partial charge in [0.15, 0.2) is 0 Å². The van der Waals surface area contributed by atoms with Gasteiger partial charge in [-0.1, -0.05) is 67.6 Å². The third kappa shape index (κ3) is 4.08. The molecule has 3 aliphatic heterocycles. The van der Waals surface area contributed by atoms with Crippen molar-refractivity contribution >= 4 is 11.8 Å². The maximum absolute atomic E-state index is 14.1. The zero-order chi connectivity index (χ0) is 24.0. The van der Waals surface area contributed by atoms with Crippen LogP contribution in [0.3, 0.4) is 0 Å². The zero-order valence-electron chi connectivity index (χ0n) is 20.7. The second-order valence-electron chi connectivity index (χ2n) is 11.6. The van der Waals surface area contributed by atoms with Crippen LogP contribution in [-0.4, -0.2) is 40.9 Å². The molecule has 7 rings (SSSR count). The molecule has 0 radical (unpaired) electrons. The summed E-state index contributed by atoms with van der Waals surface area (Å²) in [5.74, 6) is 1.13. The van der Waals surface area contributed by atoms with E-state index in [0.29, 0.717) is 0 Å². The fourth-order valence-electron chi connectivity index (χ4n) is 7.60. The summed E-state index contributed by atoms with van der Waals surface area (Å²) in [6, 6.07) is 21.4. The van der Waals surface area contributed by atoms with Crippen molar-refractivity contribution in [1.29, 1.82) is 0 Å². The molecule has 5 fully saturated rings. The van der Waals surface area contributed by atoms with Crippen molar-refractivity contribution in [1.82, 2.24) is 15.5 Å². The highest BCUT2D eigenvalue weighted by molar-refractivity contribution is 5.96. The predicted molar refractivity (Wildman–Crippen MR) is 136 cm³/mol. The topological polar surface area (TPSA) is 61.4 Å². The first-order chi connectivity index (χ1) is 17.0. The molecule has 2 amide bonds. The van der Waals surface area contributed by atoms with E-state index in [1.807, 2.05) is 12.1 Å². The fraction of sp³-hybridized carbons (Fsp3) is 0.533. The van der Waals surface area contributed by atoms with Crippen LogP contribution in [-0.2, 0) is 22.6 Å². The van der Waals surface area contributed by atoms with E-state index in [1.54, 1.807) is 0 Å². The van der Waals surface area contributed by atoms with Gasteiger partial charge in [0.2, 0.25) is 11.8 Å². The van der Waals surface area contributed by atoms with E-state index in [-0.39, 0.29) is 41.7 Å². The Bertz CT molecular complexity index is 1070. The van der Waals surface area contributed by atoms with Crippen LogP contribution in [0.25, 0.3) is 0 Å². The monoisotopic (exact) mass is 471 g/mol. The highest BCUT2D eigenvalue weighted by Crippen LogP contribution is 2.53. The summed E-state index contributed by atoms with van der Waals surface area (Å²) in [6.45, 7) is 4.02. The van der Waals surface area contributed by atoms with Gasteiger partial charge in [0, 0.05) is 31.1 Å². The van der Waals surface area contributed by atoms with Crippen molar-refractivity contribution in [2.24, 2.45) is 23.7 Å². The number of benzene rings is 2. The highest BCUT2D eigenvalue weighted by atomic mass is 16.2. The van der Waals surface area contributed by atoms with E-state index in [1.165, 1.54) is 11.1 Å². The Hall–Kier alpha value is -2.66. The average Bonchev–Trinajstić information content (AvgIpc) is 3.17. The van der Waals surface area contributed by atoms with E-state index in [0.717, 1.165) is 57.5 Å². The second kappa shape index (κ2) is 9.09. The SMILES string of the molecule is CC1CCC(NC(=O)C23CC4CN(Cc5ccccc5)C(C4C(=O)N2)C3Cc2ccccc2)CC1. The molecule has 2 aliphatic carbocycles. The minimum atomic E-state index is -0.828. The summed E-state index contributed by atoms with van der Waals surface area (Å²) in [5.41, 5.74) is 1.68. The molecule has 5 unspecified atom stereocenters. The lowest BCUT2D eigenvalue weighted by molar-refractivity contribution is -0.154. The summed E-state index contributed by atoms with van der Waals surface area (Å²) in [4.78, 5) is 30.1. The molecule has 2 aromatic rings. The molecule has 0 spiro atoms. The Morgan fingerprint density at radius 2 is 1.66 bits per heavy atom. The number of nitrogens with zero attached hydrogens (tertiary/aromatic N) is 1. The van der Waals surface area contributed by atoms with Crippen LogP contribution < -0.4 is 10.6 Å². The van der Waals surface area contributed by atoms with E-state index in [2.05, 4.69) is 71.0 Å². The van der Waals surface area contributed by atoms with Crippen LogP contribution in [0.2, 0.25) is 0 Å². The molecule has 3 saturated heterocycles. The molecule has 184 valence electrons. The zero-order valence-corrected chi connectivity index (χ0v) is 20.7. The molecule has 5 aliphatic rings. The quantitative estimate of drug-likeness (QED) is 0.671. The predicted octanol–water partition coefficient (Wildman–Crippen LogP) is 3.93. The second-order valence-corrected chi connectivity index (χ2v) is 11.6. The molecule has 3 heterocycles. The van der Waals surface area contributed by atoms with Crippen molar-refractivity contribution in [3.05, 3.63) is 71.8 Å². The Morgan fingerprint density at radius 3 is 2.34 bits per heavy atom. The van der Waals surface area contributed by atoms with Crippen molar-refractivity contribution in [2.45, 2.75) is 69.6 Å². The third-order valence-electron chi connectivity index (χ3n) is 9.33. The Morgan fingerprint density at radius 1 is 1.00 bits per heavy atom. The van der Waals surface area contributed by atoms with Crippen LogP contribution in [0, 0.1) is 23.7 Å². The highest BCUT2D eigenvalue weighted by Gasteiger charge is 2.68. The first-order valence-corrected chi connectivity index (χ1v) is 13.5. The van der Waals surface area contributed by atoms with Crippen molar-refractivity contribution in [3.63, 3.8) is 0 Å². The molecule has 5 heteroatoms. The van der Waals surface area contributed by atoms with Gasteiger partial charge in [-0.3, -0.25) is 14.5 Å². The summed E-state index contributed by atoms with van der Waals surface area (Å²) in [7, 11) is 0. The van der Waals surface area contributed by atoms with Crippen molar-refractivity contribution < 1.29 is 9.59 Å². The number of carbonyl (C=O) groups excluding carboxylic acids is 2. The largest absolute Gasteiger partial charge is 0.351 e. The van der Waals surface area contributed by atoms with E-state index >= 15 is 0 Å². The fourth-order valence-corrected chi connectivity index (χ4v) is 7.60. The number of hydrogen-bond donors (Lipinski definition) is 2. The van der Waals surface area contributed by atoms with Gasteiger partial charge < -0.3 is 10.6 Å². The molecule has 2 aromatic carbocycles. The summed E-state index contributed by atoms with van der Waals surface area (Å²) in [5, 5.41) is 6.73. The molecule has 5 nitrogen and oxygen atoms in total. The molecule has 0 aromatic heterocycles. The molecule has 2 saturated carbocycles. The number of fused-ring (bicyclic) bond motifs is 1. The van der Waals surface area contributed by atoms with E-state index < -0.39 is 5.54 Å². The molecule has 5 atom stereocenters. The van der Waals surface area contributed by atoms with Gasteiger partial charge in [0.05, 0.1) is 5.92 Å². The van der Waals surface area contributed by atoms with Crippen LogP contribution in [0.4, 0.5) is 0 Å². The Balaban J connectivity index is 1.33. The van der Waals surface area contributed by atoms with Crippen LogP contribution in [0.5, 0.6) is 0 Å². The molecule has 35 heavy (non-hydrogen) atoms. The normalized spacial score (nSPS) is 36.1. The number of amides is 2. The molecule has 2 N–H and O–H groups in total. The lowest BCUT2D eigenvalue weighted by atomic mass is 9.57. The van der Waals surface area contributed by atoms with Gasteiger partial charge in [0.1, 0.15) is 5.54 Å². The summed E-state index contributed by atoms with van der Waals surface area (Å²) >= 11 is 0. The van der Waals surface area contributed by atoms with Crippen LogP contribution in [0.15, 0.2) is 60.7 Å². The smallest absolute Gasteiger partial charge is 0.246 e. The van der Waals surface area contributed by atoms with Gasteiger partial charge in [-0.2, -0.15) is 0 Å². The number of likely N-dealkylation sites (tertiary alicyclic amines) is 1. The summed E-state index contributed by atoms with van der Waals surface area (Å²) in [6.07, 6.45) is 5.95. The number of nitrogens with one attached hydrogen (secondary N) is 2. The lowest BCUT2D eigenvalue weighted by Gasteiger charge is -2.55. The number of hydrogen-bond acceptors (Lipinski definition) is 3.